The third-order valence-electron chi connectivity index (χ3n) is 5.19. The first-order chi connectivity index (χ1) is 11.3. The molecule has 0 amide bonds. The fourth-order valence-electron chi connectivity index (χ4n) is 3.98. The summed E-state index contributed by atoms with van der Waals surface area (Å²) in [4.78, 5) is 12.0. The van der Waals surface area contributed by atoms with Crippen LogP contribution < -0.4 is 5.32 Å². The predicted octanol–water partition coefficient (Wildman–Crippen LogP) is 2.01. The monoisotopic (exact) mass is 392 g/mol. The summed E-state index contributed by atoms with van der Waals surface area (Å²) in [5.41, 5.74) is -0.00115. The number of ether oxygens (including phenoxy) is 1. The van der Waals surface area contributed by atoms with Crippen molar-refractivity contribution in [2.24, 2.45) is 0 Å². The number of methoxy groups -OCH3 is 1. The molecule has 1 aromatic rings. The lowest BCUT2D eigenvalue weighted by atomic mass is 10.0. The maximum atomic E-state index is 13.2. The Kier molecular flexibility index (Phi) is 5.88. The number of hydrogen-bond acceptors (Lipinski definition) is 6. The molecular weight excluding hydrogens is 368 g/mol. The summed E-state index contributed by atoms with van der Waals surface area (Å²) >= 11 is 0. The van der Waals surface area contributed by atoms with Gasteiger partial charge in [0.05, 0.1) is 7.11 Å². The standard InChI is InChI=1S/C16H24N2O5S.ClH/c1-9-14(16(19)22-4)15(10(2)23-9)24(20,21)18(3)13-7-11-5-6-12(8-13)17-11;/h11-13,17H,5-8H2,1-4H3;1H. The quantitative estimate of drug-likeness (QED) is 0.788. The summed E-state index contributed by atoms with van der Waals surface area (Å²) in [6.45, 7) is 3.13. The second kappa shape index (κ2) is 7.26. The highest BCUT2D eigenvalue weighted by Gasteiger charge is 2.41. The van der Waals surface area contributed by atoms with Crippen LogP contribution in [0.2, 0.25) is 0 Å². The number of carbonyl (C=O) groups excluding carboxylic acids is 1. The highest BCUT2D eigenvalue weighted by molar-refractivity contribution is 7.89. The number of furan rings is 1. The van der Waals surface area contributed by atoms with E-state index in [1.54, 1.807) is 20.9 Å². The SMILES string of the molecule is COC(=O)c1c(C)oc(C)c1S(=O)(=O)N(C)C1CC2CCC(C1)N2.Cl. The van der Waals surface area contributed by atoms with E-state index in [1.807, 2.05) is 0 Å². The van der Waals surface area contributed by atoms with Crippen LogP contribution >= 0.6 is 12.4 Å². The highest BCUT2D eigenvalue weighted by Crippen LogP contribution is 2.34. The molecule has 3 heterocycles. The minimum atomic E-state index is -3.84. The number of nitrogens with one attached hydrogen (secondary N) is 1. The van der Waals surface area contributed by atoms with Gasteiger partial charge < -0.3 is 14.5 Å². The van der Waals surface area contributed by atoms with Crippen LogP contribution in [-0.2, 0) is 14.8 Å². The van der Waals surface area contributed by atoms with E-state index in [0.717, 1.165) is 25.7 Å². The van der Waals surface area contributed by atoms with Crippen molar-refractivity contribution in [3.8, 4) is 0 Å². The minimum absolute atomic E-state index is 0. The molecule has 2 fully saturated rings. The Morgan fingerprint density at radius 1 is 1.20 bits per heavy atom. The molecular formula is C16H25ClN2O5S. The Bertz CT molecular complexity index is 749. The van der Waals surface area contributed by atoms with Gasteiger partial charge in [0.15, 0.2) is 0 Å². The summed E-state index contributed by atoms with van der Waals surface area (Å²) < 4.78 is 37.9. The zero-order valence-electron chi connectivity index (χ0n) is 14.9. The average molecular weight is 393 g/mol. The predicted molar refractivity (Wildman–Crippen MR) is 94.7 cm³/mol. The molecule has 0 aromatic carbocycles. The third-order valence-corrected chi connectivity index (χ3v) is 7.26. The van der Waals surface area contributed by atoms with Crippen LogP contribution in [0.15, 0.2) is 9.31 Å². The number of rotatable bonds is 4. The number of esters is 1. The molecule has 1 N–H and O–H groups in total. The second-order valence-electron chi connectivity index (χ2n) is 6.69. The van der Waals surface area contributed by atoms with Crippen molar-refractivity contribution in [1.29, 1.82) is 0 Å². The number of carbonyl (C=O) groups is 1. The van der Waals surface area contributed by atoms with E-state index < -0.39 is 16.0 Å². The Labute approximate surface area is 154 Å². The van der Waals surface area contributed by atoms with Gasteiger partial charge in [0.25, 0.3) is 0 Å². The number of nitrogens with zero attached hydrogens (tertiary/aromatic N) is 1. The fourth-order valence-corrected chi connectivity index (χ4v) is 5.72. The Morgan fingerprint density at radius 3 is 2.28 bits per heavy atom. The smallest absolute Gasteiger partial charge is 0.342 e. The van der Waals surface area contributed by atoms with Crippen LogP contribution in [0.5, 0.6) is 0 Å². The van der Waals surface area contributed by atoms with Crippen molar-refractivity contribution in [2.75, 3.05) is 14.2 Å². The Morgan fingerprint density at radius 2 is 1.76 bits per heavy atom. The van der Waals surface area contributed by atoms with Gasteiger partial charge in [0.1, 0.15) is 22.0 Å². The van der Waals surface area contributed by atoms with Gasteiger partial charge in [-0.15, -0.1) is 12.4 Å². The molecule has 0 saturated carbocycles. The van der Waals surface area contributed by atoms with Crippen molar-refractivity contribution in [2.45, 2.75) is 62.6 Å². The lowest BCUT2D eigenvalue weighted by Crippen LogP contribution is -2.48. The van der Waals surface area contributed by atoms with E-state index in [1.165, 1.54) is 11.4 Å². The molecule has 9 heteroatoms. The molecule has 2 bridgehead atoms. The van der Waals surface area contributed by atoms with Crippen molar-refractivity contribution >= 4 is 28.4 Å². The number of sulfonamides is 1. The molecule has 7 nitrogen and oxygen atoms in total. The van der Waals surface area contributed by atoms with Crippen LogP contribution in [0.4, 0.5) is 0 Å². The van der Waals surface area contributed by atoms with Crippen molar-refractivity contribution < 1.29 is 22.4 Å². The number of fused-ring (bicyclic) bond motifs is 2. The molecule has 25 heavy (non-hydrogen) atoms. The molecule has 2 saturated heterocycles. The zero-order valence-corrected chi connectivity index (χ0v) is 16.5. The normalized spacial score (nSPS) is 25.7. The molecule has 0 aliphatic carbocycles. The van der Waals surface area contributed by atoms with Crippen LogP contribution in [0.25, 0.3) is 0 Å². The summed E-state index contributed by atoms with van der Waals surface area (Å²) in [6, 6.07) is 0.672. The number of halogens is 1. The lowest BCUT2D eigenvalue weighted by Gasteiger charge is -2.34. The number of aryl methyl sites for hydroxylation is 2. The van der Waals surface area contributed by atoms with E-state index in [0.29, 0.717) is 12.1 Å². The van der Waals surface area contributed by atoms with Gasteiger partial charge in [-0.05, 0) is 39.5 Å². The first-order valence-electron chi connectivity index (χ1n) is 8.18. The molecule has 2 atom stereocenters. The molecule has 0 spiro atoms. The van der Waals surface area contributed by atoms with E-state index in [-0.39, 0.29) is 40.4 Å². The maximum absolute atomic E-state index is 13.2. The van der Waals surface area contributed by atoms with Crippen LogP contribution in [0, 0.1) is 13.8 Å². The molecule has 2 unspecified atom stereocenters. The lowest BCUT2D eigenvalue weighted by molar-refractivity contribution is 0.0594. The van der Waals surface area contributed by atoms with Gasteiger partial charge in [-0.1, -0.05) is 0 Å². The first kappa shape index (κ1) is 20.2. The van der Waals surface area contributed by atoms with Crippen LogP contribution in [-0.4, -0.2) is 51.0 Å². The molecule has 2 aliphatic rings. The van der Waals surface area contributed by atoms with Gasteiger partial charge in [-0.3, -0.25) is 0 Å². The van der Waals surface area contributed by atoms with E-state index in [9.17, 15) is 13.2 Å². The number of hydrogen-bond donors (Lipinski definition) is 1. The van der Waals surface area contributed by atoms with E-state index in [4.69, 9.17) is 9.15 Å². The van der Waals surface area contributed by atoms with E-state index >= 15 is 0 Å². The third kappa shape index (κ3) is 3.45. The van der Waals surface area contributed by atoms with Crippen molar-refractivity contribution in [1.82, 2.24) is 9.62 Å². The molecule has 0 radical (unpaired) electrons. The van der Waals surface area contributed by atoms with Crippen LogP contribution in [0.3, 0.4) is 0 Å². The molecule has 3 rings (SSSR count). The van der Waals surface area contributed by atoms with Gasteiger partial charge in [-0.2, -0.15) is 4.31 Å². The maximum Gasteiger partial charge on any atom is 0.342 e. The highest BCUT2D eigenvalue weighted by atomic mass is 35.5. The summed E-state index contributed by atoms with van der Waals surface area (Å²) in [7, 11) is -1.02. The van der Waals surface area contributed by atoms with E-state index in [2.05, 4.69) is 5.32 Å². The molecule has 2 aliphatic heterocycles. The molecule has 1 aromatic heterocycles. The van der Waals surface area contributed by atoms with Gasteiger partial charge in [-0.25, -0.2) is 13.2 Å². The van der Waals surface area contributed by atoms with Crippen LogP contribution in [0.1, 0.15) is 47.6 Å². The second-order valence-corrected chi connectivity index (χ2v) is 8.63. The average Bonchev–Trinajstić information content (AvgIpc) is 3.03. The van der Waals surface area contributed by atoms with Gasteiger partial charge in [0, 0.05) is 25.2 Å². The van der Waals surface area contributed by atoms with Crippen molar-refractivity contribution in [3.05, 3.63) is 17.1 Å². The summed E-state index contributed by atoms with van der Waals surface area (Å²) in [5, 5.41) is 3.51. The van der Waals surface area contributed by atoms with Crippen molar-refractivity contribution in [3.63, 3.8) is 0 Å². The zero-order chi connectivity index (χ0) is 17.6. The largest absolute Gasteiger partial charge is 0.465 e. The Balaban J connectivity index is 0.00000225. The Hall–Kier alpha value is -1.09. The number of piperidine rings is 1. The summed E-state index contributed by atoms with van der Waals surface area (Å²) in [5.74, 6) is -0.213. The van der Waals surface area contributed by atoms with Gasteiger partial charge in [0.2, 0.25) is 10.0 Å². The first-order valence-corrected chi connectivity index (χ1v) is 9.62. The fraction of sp³-hybridized carbons (Fsp3) is 0.688. The summed E-state index contributed by atoms with van der Waals surface area (Å²) in [6.07, 6.45) is 3.75. The van der Waals surface area contributed by atoms with Gasteiger partial charge >= 0.3 is 5.97 Å². The topological polar surface area (TPSA) is 88.8 Å². The minimum Gasteiger partial charge on any atom is -0.465 e. The molecule has 142 valence electrons.